The normalized spacial score (nSPS) is 10.4. The Morgan fingerprint density at radius 2 is 2.00 bits per heavy atom. The number of ether oxygens (including phenoxy) is 1. The molecular formula is C16H14BrClO2. The second-order valence-corrected chi connectivity index (χ2v) is 5.87. The van der Waals surface area contributed by atoms with Gasteiger partial charge in [-0.1, -0.05) is 27.5 Å². The van der Waals surface area contributed by atoms with E-state index >= 15 is 0 Å². The third-order valence-electron chi connectivity index (χ3n) is 2.97. The molecule has 0 heterocycles. The van der Waals surface area contributed by atoms with Gasteiger partial charge in [0.05, 0.1) is 7.11 Å². The number of Topliss-reactive ketones (excluding diaryl/α,β-unsaturated/α-hetero) is 1. The third kappa shape index (κ3) is 3.62. The first-order valence-corrected chi connectivity index (χ1v) is 7.29. The molecule has 2 nitrogen and oxygen atoms in total. The van der Waals surface area contributed by atoms with E-state index in [9.17, 15) is 4.79 Å². The van der Waals surface area contributed by atoms with Crippen LogP contribution in [0, 0.1) is 6.92 Å². The van der Waals surface area contributed by atoms with Crippen LogP contribution in [0.4, 0.5) is 0 Å². The minimum Gasteiger partial charge on any atom is -0.497 e. The van der Waals surface area contributed by atoms with Crippen molar-refractivity contribution in [1.82, 2.24) is 0 Å². The number of ketones is 1. The summed E-state index contributed by atoms with van der Waals surface area (Å²) < 4.78 is 6.08. The average molecular weight is 354 g/mol. The lowest BCUT2D eigenvalue weighted by molar-refractivity contribution is 0.0992. The van der Waals surface area contributed by atoms with Crippen LogP contribution in [0.15, 0.2) is 40.9 Å². The third-order valence-corrected chi connectivity index (χ3v) is 3.96. The van der Waals surface area contributed by atoms with Gasteiger partial charge in [-0.15, -0.1) is 0 Å². The zero-order chi connectivity index (χ0) is 14.7. The summed E-state index contributed by atoms with van der Waals surface area (Å²) in [4.78, 5) is 12.4. The summed E-state index contributed by atoms with van der Waals surface area (Å²) in [6, 6.07) is 11.0. The molecule has 0 spiro atoms. The van der Waals surface area contributed by atoms with Gasteiger partial charge >= 0.3 is 0 Å². The predicted octanol–water partition coefficient (Wildman–Crippen LogP) is 4.84. The number of aryl methyl sites for hydroxylation is 1. The van der Waals surface area contributed by atoms with Crippen molar-refractivity contribution < 1.29 is 9.53 Å². The molecule has 0 N–H and O–H groups in total. The molecule has 0 aromatic heterocycles. The highest BCUT2D eigenvalue weighted by molar-refractivity contribution is 9.10. The lowest BCUT2D eigenvalue weighted by atomic mass is 10.0. The molecule has 0 unspecified atom stereocenters. The van der Waals surface area contributed by atoms with Gasteiger partial charge in [0.25, 0.3) is 0 Å². The minimum atomic E-state index is 0.0320. The molecule has 0 saturated heterocycles. The van der Waals surface area contributed by atoms with Crippen LogP contribution in [-0.4, -0.2) is 12.9 Å². The van der Waals surface area contributed by atoms with E-state index in [1.807, 2.05) is 37.3 Å². The molecule has 20 heavy (non-hydrogen) atoms. The van der Waals surface area contributed by atoms with Crippen LogP contribution in [0.25, 0.3) is 0 Å². The Bertz CT molecular complexity index is 633. The zero-order valence-corrected chi connectivity index (χ0v) is 13.6. The molecule has 2 aromatic carbocycles. The second kappa shape index (κ2) is 6.42. The maximum atomic E-state index is 12.4. The highest BCUT2D eigenvalue weighted by Gasteiger charge is 2.11. The summed E-state index contributed by atoms with van der Waals surface area (Å²) in [5.41, 5.74) is 2.50. The number of rotatable bonds is 4. The molecule has 0 aliphatic rings. The van der Waals surface area contributed by atoms with E-state index in [-0.39, 0.29) is 5.78 Å². The van der Waals surface area contributed by atoms with Gasteiger partial charge in [-0.25, -0.2) is 0 Å². The number of hydrogen-bond donors (Lipinski definition) is 0. The number of methoxy groups -OCH3 is 1. The maximum absolute atomic E-state index is 12.4. The fraction of sp³-hybridized carbons (Fsp3) is 0.188. The Balaban J connectivity index is 2.27. The largest absolute Gasteiger partial charge is 0.497 e. The SMILES string of the molecule is COc1ccc(Br)c(CC(=O)c2cc(C)cc(Cl)c2)c1. The van der Waals surface area contributed by atoms with Crippen molar-refractivity contribution in [2.45, 2.75) is 13.3 Å². The first-order valence-electron chi connectivity index (χ1n) is 6.12. The van der Waals surface area contributed by atoms with Crippen LogP contribution in [-0.2, 0) is 6.42 Å². The van der Waals surface area contributed by atoms with Crippen LogP contribution in [0.5, 0.6) is 5.75 Å². The van der Waals surface area contributed by atoms with E-state index < -0.39 is 0 Å². The highest BCUT2D eigenvalue weighted by Crippen LogP contribution is 2.24. The summed E-state index contributed by atoms with van der Waals surface area (Å²) in [6.45, 7) is 1.92. The van der Waals surface area contributed by atoms with Crippen molar-refractivity contribution in [1.29, 1.82) is 0 Å². The van der Waals surface area contributed by atoms with Gasteiger partial charge in [0.2, 0.25) is 0 Å². The smallest absolute Gasteiger partial charge is 0.167 e. The van der Waals surface area contributed by atoms with Crippen LogP contribution >= 0.6 is 27.5 Å². The molecule has 0 saturated carbocycles. The fourth-order valence-corrected chi connectivity index (χ4v) is 2.66. The highest BCUT2D eigenvalue weighted by atomic mass is 79.9. The summed E-state index contributed by atoms with van der Waals surface area (Å²) in [5, 5.41) is 0.582. The molecule has 0 amide bonds. The molecule has 0 fully saturated rings. The molecule has 0 aliphatic carbocycles. The van der Waals surface area contributed by atoms with E-state index in [0.29, 0.717) is 17.0 Å². The second-order valence-electron chi connectivity index (χ2n) is 4.57. The molecule has 2 rings (SSSR count). The van der Waals surface area contributed by atoms with Crippen LogP contribution in [0.1, 0.15) is 21.5 Å². The standard InChI is InChI=1S/C16H14BrClO2/c1-10-5-12(7-13(18)6-10)16(19)9-11-8-14(20-2)3-4-15(11)17/h3-8H,9H2,1-2H3. The first kappa shape index (κ1) is 15.1. The Labute approximate surface area is 131 Å². The van der Waals surface area contributed by atoms with Gasteiger partial charge in [-0.2, -0.15) is 0 Å². The van der Waals surface area contributed by atoms with Crippen molar-refractivity contribution in [3.63, 3.8) is 0 Å². The van der Waals surface area contributed by atoms with E-state index in [4.69, 9.17) is 16.3 Å². The predicted molar refractivity (Wildman–Crippen MR) is 84.9 cm³/mol. The van der Waals surface area contributed by atoms with E-state index in [1.165, 1.54) is 0 Å². The zero-order valence-electron chi connectivity index (χ0n) is 11.2. The molecule has 0 bridgehead atoms. The van der Waals surface area contributed by atoms with Crippen molar-refractivity contribution in [2.24, 2.45) is 0 Å². The Morgan fingerprint density at radius 3 is 2.65 bits per heavy atom. The lowest BCUT2D eigenvalue weighted by Gasteiger charge is -2.08. The first-order chi connectivity index (χ1) is 9.49. The van der Waals surface area contributed by atoms with E-state index in [2.05, 4.69) is 15.9 Å². The number of carbonyl (C=O) groups excluding carboxylic acids is 1. The van der Waals surface area contributed by atoms with Crippen molar-refractivity contribution in [3.05, 3.63) is 62.6 Å². The summed E-state index contributed by atoms with van der Waals surface area (Å²) >= 11 is 9.45. The van der Waals surface area contributed by atoms with E-state index in [0.717, 1.165) is 21.3 Å². The molecule has 4 heteroatoms. The molecule has 0 atom stereocenters. The average Bonchev–Trinajstić information content (AvgIpc) is 2.40. The van der Waals surface area contributed by atoms with E-state index in [1.54, 1.807) is 13.2 Å². The summed E-state index contributed by atoms with van der Waals surface area (Å²) in [5.74, 6) is 0.767. The van der Waals surface area contributed by atoms with Gasteiger partial charge < -0.3 is 4.74 Å². The summed E-state index contributed by atoms with van der Waals surface area (Å²) in [6.07, 6.45) is 0.303. The fourth-order valence-electron chi connectivity index (χ4n) is 1.99. The number of benzene rings is 2. The van der Waals surface area contributed by atoms with Crippen LogP contribution < -0.4 is 4.74 Å². The van der Waals surface area contributed by atoms with Crippen molar-refractivity contribution in [2.75, 3.05) is 7.11 Å². The maximum Gasteiger partial charge on any atom is 0.167 e. The van der Waals surface area contributed by atoms with Crippen LogP contribution in [0.2, 0.25) is 5.02 Å². The Kier molecular flexibility index (Phi) is 4.84. The van der Waals surface area contributed by atoms with Gasteiger partial charge in [-0.05, 0) is 54.4 Å². The Morgan fingerprint density at radius 1 is 1.25 bits per heavy atom. The monoisotopic (exact) mass is 352 g/mol. The molecule has 104 valence electrons. The van der Waals surface area contributed by atoms with Crippen molar-refractivity contribution >= 4 is 33.3 Å². The molecule has 0 aliphatic heterocycles. The molecular weight excluding hydrogens is 340 g/mol. The number of hydrogen-bond acceptors (Lipinski definition) is 2. The Hall–Kier alpha value is -1.32. The lowest BCUT2D eigenvalue weighted by Crippen LogP contribution is -2.05. The number of carbonyl (C=O) groups is 1. The van der Waals surface area contributed by atoms with Crippen molar-refractivity contribution in [3.8, 4) is 5.75 Å². The molecule has 0 radical (unpaired) electrons. The summed E-state index contributed by atoms with van der Waals surface area (Å²) in [7, 11) is 1.61. The molecule has 2 aromatic rings. The van der Waals surface area contributed by atoms with Gasteiger partial charge in [0.1, 0.15) is 5.75 Å². The van der Waals surface area contributed by atoms with Gasteiger partial charge in [0.15, 0.2) is 5.78 Å². The van der Waals surface area contributed by atoms with Gasteiger partial charge in [-0.3, -0.25) is 4.79 Å². The minimum absolute atomic E-state index is 0.0320. The number of halogens is 2. The quantitative estimate of drug-likeness (QED) is 0.735. The van der Waals surface area contributed by atoms with Crippen LogP contribution in [0.3, 0.4) is 0 Å². The van der Waals surface area contributed by atoms with Gasteiger partial charge in [0, 0.05) is 21.5 Å². The topological polar surface area (TPSA) is 26.3 Å².